The summed E-state index contributed by atoms with van der Waals surface area (Å²) in [6.45, 7) is 0. The van der Waals surface area contributed by atoms with E-state index in [1.54, 1.807) is 0 Å². The number of carbonyl (C=O) groups is 1. The van der Waals surface area contributed by atoms with Crippen LogP contribution in [0.3, 0.4) is 0 Å². The fourth-order valence-corrected chi connectivity index (χ4v) is 6.25. The van der Waals surface area contributed by atoms with Crippen molar-refractivity contribution < 1.29 is 4.79 Å². The number of nitrogens with one attached hydrogen (secondary N) is 2. The minimum Gasteiger partial charge on any atom is -0.363 e. The number of hydrogen-bond acceptors (Lipinski definition) is 4. The van der Waals surface area contributed by atoms with E-state index in [-0.39, 0.29) is 6.03 Å². The number of rotatable bonds is 4. The number of fused-ring (bicyclic) bond motifs is 4. The van der Waals surface area contributed by atoms with E-state index in [1.165, 1.54) is 24.0 Å². The minimum atomic E-state index is -0.0283. The molecule has 2 aromatic carbocycles. The number of benzene rings is 2. The molecule has 2 N–H and O–H groups in total. The van der Waals surface area contributed by atoms with Crippen LogP contribution in [0.25, 0.3) is 10.9 Å². The molecular formula is C28H33N5O. The Hall–Kier alpha value is -3.12. The van der Waals surface area contributed by atoms with Crippen LogP contribution in [0.15, 0.2) is 54.6 Å². The van der Waals surface area contributed by atoms with Crippen molar-refractivity contribution in [3.63, 3.8) is 0 Å². The first-order chi connectivity index (χ1) is 16.5. The van der Waals surface area contributed by atoms with Gasteiger partial charge in [0, 0.05) is 36.2 Å². The third-order valence-electron chi connectivity index (χ3n) is 8.34. The van der Waals surface area contributed by atoms with Crippen LogP contribution >= 0.6 is 0 Å². The molecule has 2 fully saturated rings. The summed E-state index contributed by atoms with van der Waals surface area (Å²) in [4.78, 5) is 22.2. The van der Waals surface area contributed by atoms with Gasteiger partial charge >= 0.3 is 6.03 Å². The highest BCUT2D eigenvalue weighted by atomic mass is 16.2. The molecule has 2 aliphatic heterocycles. The summed E-state index contributed by atoms with van der Waals surface area (Å²) in [5.74, 6) is 0.891. The van der Waals surface area contributed by atoms with E-state index in [0.29, 0.717) is 24.2 Å². The number of pyridine rings is 1. The van der Waals surface area contributed by atoms with Gasteiger partial charge in [0.2, 0.25) is 0 Å². The van der Waals surface area contributed by atoms with Gasteiger partial charge in [-0.25, -0.2) is 9.78 Å². The van der Waals surface area contributed by atoms with Crippen LogP contribution in [0.1, 0.15) is 49.3 Å². The maximum Gasteiger partial charge on any atom is 0.321 e. The van der Waals surface area contributed by atoms with E-state index in [2.05, 4.69) is 52.9 Å². The van der Waals surface area contributed by atoms with Crippen LogP contribution in [0.2, 0.25) is 0 Å². The zero-order chi connectivity index (χ0) is 23.2. The molecule has 6 heteroatoms. The lowest BCUT2D eigenvalue weighted by molar-refractivity contribution is 0.106. The number of piperidine rings is 1. The third-order valence-corrected chi connectivity index (χ3v) is 8.34. The predicted molar refractivity (Wildman–Crippen MR) is 137 cm³/mol. The molecule has 0 saturated carbocycles. The molecular weight excluding hydrogens is 422 g/mol. The number of carbonyl (C=O) groups excluding carboxylic acids is 1. The van der Waals surface area contributed by atoms with Gasteiger partial charge in [-0.05, 0) is 87.0 Å². The van der Waals surface area contributed by atoms with Crippen molar-refractivity contribution in [3.8, 4) is 0 Å². The average molecular weight is 456 g/mol. The maximum atomic E-state index is 13.0. The van der Waals surface area contributed by atoms with Crippen LogP contribution in [0, 0.1) is 0 Å². The molecule has 6 nitrogen and oxygen atoms in total. The van der Waals surface area contributed by atoms with Gasteiger partial charge in [0.15, 0.2) is 0 Å². The topological polar surface area (TPSA) is 60.5 Å². The van der Waals surface area contributed by atoms with Crippen LogP contribution in [0.4, 0.5) is 16.3 Å². The largest absolute Gasteiger partial charge is 0.363 e. The Morgan fingerprint density at radius 3 is 2.65 bits per heavy atom. The van der Waals surface area contributed by atoms with E-state index in [4.69, 9.17) is 4.98 Å². The number of aromatic nitrogens is 1. The maximum absolute atomic E-state index is 13.0. The van der Waals surface area contributed by atoms with Crippen molar-refractivity contribution >= 4 is 28.4 Å². The van der Waals surface area contributed by atoms with Gasteiger partial charge in [0.25, 0.3) is 0 Å². The van der Waals surface area contributed by atoms with E-state index in [0.717, 1.165) is 48.1 Å². The Morgan fingerprint density at radius 1 is 1.03 bits per heavy atom. The van der Waals surface area contributed by atoms with Crippen molar-refractivity contribution in [1.29, 1.82) is 0 Å². The molecule has 34 heavy (non-hydrogen) atoms. The molecule has 0 spiro atoms. The van der Waals surface area contributed by atoms with Crippen molar-refractivity contribution in [2.75, 3.05) is 24.7 Å². The molecule has 176 valence electrons. The van der Waals surface area contributed by atoms with E-state index >= 15 is 0 Å². The molecule has 0 radical (unpaired) electrons. The van der Waals surface area contributed by atoms with Gasteiger partial charge in [-0.15, -0.1) is 0 Å². The minimum absolute atomic E-state index is 0.0283. The lowest BCUT2D eigenvalue weighted by Gasteiger charge is -2.40. The number of urea groups is 1. The van der Waals surface area contributed by atoms with Gasteiger partial charge in [-0.2, -0.15) is 0 Å². The van der Waals surface area contributed by atoms with Gasteiger partial charge in [0.1, 0.15) is 5.82 Å². The predicted octanol–water partition coefficient (Wildman–Crippen LogP) is 5.42. The number of hydrogen-bond donors (Lipinski definition) is 2. The second-order valence-corrected chi connectivity index (χ2v) is 10.3. The quantitative estimate of drug-likeness (QED) is 0.551. The molecule has 6 rings (SSSR count). The van der Waals surface area contributed by atoms with Crippen LogP contribution in [-0.2, 0) is 6.42 Å². The first kappa shape index (κ1) is 21.4. The Morgan fingerprint density at radius 2 is 1.82 bits per heavy atom. The number of nitrogens with zero attached hydrogens (tertiary/aromatic N) is 3. The normalized spacial score (nSPS) is 25.8. The number of aryl methyl sites for hydroxylation is 1. The number of amides is 2. The van der Waals surface area contributed by atoms with E-state index in [9.17, 15) is 4.79 Å². The number of anilines is 2. The van der Waals surface area contributed by atoms with Crippen LogP contribution in [0.5, 0.6) is 0 Å². The Kier molecular flexibility index (Phi) is 5.41. The first-order valence-electron chi connectivity index (χ1n) is 12.6. The van der Waals surface area contributed by atoms with E-state index in [1.807, 2.05) is 36.2 Å². The van der Waals surface area contributed by atoms with Crippen LogP contribution in [-0.4, -0.2) is 53.0 Å². The second kappa shape index (κ2) is 8.58. The fourth-order valence-electron chi connectivity index (χ4n) is 6.25. The molecule has 1 aliphatic carbocycles. The Balaban J connectivity index is 1.12. The molecule has 3 atom stereocenters. The monoisotopic (exact) mass is 455 g/mol. The zero-order valence-corrected chi connectivity index (χ0v) is 20.0. The van der Waals surface area contributed by atoms with Gasteiger partial charge in [-0.3, -0.25) is 0 Å². The molecule has 3 unspecified atom stereocenters. The first-order valence-corrected chi connectivity index (χ1v) is 12.6. The van der Waals surface area contributed by atoms with Crippen molar-refractivity contribution in [1.82, 2.24) is 14.8 Å². The summed E-state index contributed by atoms with van der Waals surface area (Å²) in [6, 6.07) is 20.6. The highest BCUT2D eigenvalue weighted by molar-refractivity contribution is 5.93. The molecule has 3 aliphatic rings. The summed E-state index contributed by atoms with van der Waals surface area (Å²) < 4.78 is 0. The van der Waals surface area contributed by atoms with Crippen molar-refractivity contribution in [2.24, 2.45) is 0 Å². The average Bonchev–Trinajstić information content (AvgIpc) is 3.32. The summed E-state index contributed by atoms with van der Waals surface area (Å²) in [7, 11) is 4.17. The summed E-state index contributed by atoms with van der Waals surface area (Å²) in [5.41, 5.74) is 4.55. The third kappa shape index (κ3) is 3.90. The fraction of sp³-hybridized carbons (Fsp3) is 0.429. The van der Waals surface area contributed by atoms with E-state index < -0.39 is 0 Å². The van der Waals surface area contributed by atoms with Gasteiger partial charge in [0.05, 0.1) is 11.6 Å². The van der Waals surface area contributed by atoms with Crippen LogP contribution < -0.4 is 10.6 Å². The SMILES string of the molecule is CN(C(=O)Nc1ccc2nc(NC3CCc4ccccc43)ccc2c1)C1CC2CCC(C1)N2C. The lowest BCUT2D eigenvalue weighted by atomic mass is 9.97. The van der Waals surface area contributed by atoms with Crippen molar-refractivity contribution in [3.05, 3.63) is 65.7 Å². The highest BCUT2D eigenvalue weighted by Gasteiger charge is 2.40. The molecule has 3 heterocycles. The van der Waals surface area contributed by atoms with Crippen molar-refractivity contribution in [2.45, 2.75) is 62.7 Å². The van der Waals surface area contributed by atoms with Gasteiger partial charge in [-0.1, -0.05) is 24.3 Å². The smallest absolute Gasteiger partial charge is 0.321 e. The summed E-state index contributed by atoms with van der Waals surface area (Å²) in [5, 5.41) is 7.74. The molecule has 2 saturated heterocycles. The Labute approximate surface area is 201 Å². The molecule has 3 aromatic rings. The molecule has 1 aromatic heterocycles. The lowest BCUT2D eigenvalue weighted by Crippen LogP contribution is -2.50. The highest BCUT2D eigenvalue weighted by Crippen LogP contribution is 2.36. The second-order valence-electron chi connectivity index (χ2n) is 10.3. The Bertz CT molecular complexity index is 1210. The summed E-state index contributed by atoms with van der Waals surface area (Å²) in [6.07, 6.45) is 6.86. The van der Waals surface area contributed by atoms with Gasteiger partial charge < -0.3 is 20.4 Å². The molecule has 2 bridgehead atoms. The molecule has 2 amide bonds. The zero-order valence-electron chi connectivity index (χ0n) is 20.0. The standard InChI is InChI=1S/C28H33N5O/c1-32-21-10-11-22(32)17-23(16-21)33(2)28(34)29-20-9-13-25-19(15-20)8-14-27(30-25)31-26-12-7-18-5-3-4-6-24(18)26/h3-6,8-9,13-15,21-23,26H,7,10-12,16-17H2,1-2H3,(H,29,34)(H,30,31). The summed E-state index contributed by atoms with van der Waals surface area (Å²) >= 11 is 0.